The number of thiazole rings is 1. The number of carbonyl (C=O) groups is 1. The second kappa shape index (κ2) is 9.24. The highest BCUT2D eigenvalue weighted by Crippen LogP contribution is 2.32. The summed E-state index contributed by atoms with van der Waals surface area (Å²) in [5.41, 5.74) is 0.779. The van der Waals surface area contributed by atoms with Gasteiger partial charge in [-0.3, -0.25) is 14.4 Å². The van der Waals surface area contributed by atoms with Crippen molar-refractivity contribution < 1.29 is 17.6 Å². The summed E-state index contributed by atoms with van der Waals surface area (Å²) in [6.07, 6.45) is 4.44. The predicted molar refractivity (Wildman–Crippen MR) is 128 cm³/mol. The fraction of sp³-hybridized carbons (Fsp3) is 0.261. The van der Waals surface area contributed by atoms with E-state index in [1.807, 2.05) is 30.5 Å². The van der Waals surface area contributed by atoms with Gasteiger partial charge in [0.05, 0.1) is 21.7 Å². The molecule has 0 N–H and O–H groups in total. The Morgan fingerprint density at radius 3 is 2.68 bits per heavy atom. The third-order valence-corrected chi connectivity index (χ3v) is 8.78. The van der Waals surface area contributed by atoms with Crippen molar-refractivity contribution in [3.63, 3.8) is 0 Å². The van der Waals surface area contributed by atoms with Gasteiger partial charge in [-0.25, -0.2) is 17.8 Å². The van der Waals surface area contributed by atoms with Crippen LogP contribution in [0.2, 0.25) is 0 Å². The Morgan fingerprint density at radius 1 is 1.15 bits per heavy atom. The molecule has 176 valence electrons. The Labute approximate surface area is 200 Å². The number of sulfonamides is 1. The Bertz CT molecular complexity index is 1370. The predicted octanol–water partition coefficient (Wildman–Crippen LogP) is 3.52. The van der Waals surface area contributed by atoms with Crippen molar-refractivity contribution in [2.75, 3.05) is 18.0 Å². The maximum atomic E-state index is 13.8. The molecule has 0 aliphatic carbocycles. The van der Waals surface area contributed by atoms with Crippen LogP contribution in [0.1, 0.15) is 12.8 Å². The third kappa shape index (κ3) is 4.33. The van der Waals surface area contributed by atoms with Crippen LogP contribution in [0.4, 0.5) is 9.52 Å². The number of aromatic nitrogens is 3. The quantitative estimate of drug-likeness (QED) is 0.388. The lowest BCUT2D eigenvalue weighted by Gasteiger charge is -2.28. The standard InChI is InChI=1S/C23H22FN5O3S2/c24-17-8-10-18(11-9-17)34(31,32)29-14-3-6-20(29)22(30)28(16-15-27-13-4-12-25-27)23-26-19-5-1-2-7-21(19)33-23/h1-2,4-5,7-13,20H,3,6,14-16H2. The van der Waals surface area contributed by atoms with Crippen molar-refractivity contribution in [2.45, 2.75) is 30.3 Å². The van der Waals surface area contributed by atoms with Crippen LogP contribution in [0.15, 0.2) is 71.9 Å². The Balaban J connectivity index is 1.47. The van der Waals surface area contributed by atoms with E-state index in [1.165, 1.54) is 27.8 Å². The fourth-order valence-electron chi connectivity index (χ4n) is 4.11. The number of rotatable bonds is 7. The molecule has 1 unspecified atom stereocenters. The van der Waals surface area contributed by atoms with Crippen LogP contribution in [0.5, 0.6) is 0 Å². The SMILES string of the molecule is O=C(C1CCCN1S(=O)(=O)c1ccc(F)cc1)N(CCn1cccn1)c1nc2ccccc2s1. The lowest BCUT2D eigenvalue weighted by atomic mass is 10.2. The summed E-state index contributed by atoms with van der Waals surface area (Å²) in [6, 6.07) is 13.2. The molecule has 3 heterocycles. The molecule has 1 amide bonds. The van der Waals surface area contributed by atoms with Crippen LogP contribution in [-0.2, 0) is 21.4 Å². The van der Waals surface area contributed by atoms with E-state index in [0.29, 0.717) is 31.1 Å². The van der Waals surface area contributed by atoms with Crippen molar-refractivity contribution in [1.82, 2.24) is 19.1 Å². The van der Waals surface area contributed by atoms with Gasteiger partial charge in [0, 0.05) is 25.5 Å². The average molecular weight is 500 g/mol. The summed E-state index contributed by atoms with van der Waals surface area (Å²) >= 11 is 1.39. The second-order valence-corrected chi connectivity index (χ2v) is 10.9. The minimum absolute atomic E-state index is 0.0309. The summed E-state index contributed by atoms with van der Waals surface area (Å²) in [5, 5.41) is 4.73. The molecule has 11 heteroatoms. The number of para-hydroxylation sites is 1. The van der Waals surface area contributed by atoms with E-state index in [0.717, 1.165) is 22.3 Å². The van der Waals surface area contributed by atoms with E-state index in [1.54, 1.807) is 21.8 Å². The van der Waals surface area contributed by atoms with Gasteiger partial charge in [-0.05, 0) is 55.3 Å². The van der Waals surface area contributed by atoms with Gasteiger partial charge in [-0.2, -0.15) is 9.40 Å². The molecule has 0 spiro atoms. The number of amides is 1. The van der Waals surface area contributed by atoms with Crippen molar-refractivity contribution in [3.8, 4) is 0 Å². The van der Waals surface area contributed by atoms with E-state index >= 15 is 0 Å². The molecule has 1 fully saturated rings. The minimum Gasteiger partial charge on any atom is -0.285 e. The molecular weight excluding hydrogens is 477 g/mol. The molecule has 4 aromatic rings. The summed E-state index contributed by atoms with van der Waals surface area (Å²) < 4.78 is 43.9. The first kappa shape index (κ1) is 22.6. The Kier molecular flexibility index (Phi) is 6.15. The Hall–Kier alpha value is -3.15. The molecule has 0 bridgehead atoms. The van der Waals surface area contributed by atoms with E-state index in [4.69, 9.17) is 0 Å². The van der Waals surface area contributed by atoms with Gasteiger partial charge in [0.1, 0.15) is 11.9 Å². The van der Waals surface area contributed by atoms with Crippen molar-refractivity contribution in [2.24, 2.45) is 0 Å². The fourth-order valence-corrected chi connectivity index (χ4v) is 6.76. The first-order chi connectivity index (χ1) is 16.4. The third-order valence-electron chi connectivity index (χ3n) is 5.80. The van der Waals surface area contributed by atoms with Crippen LogP contribution in [0.3, 0.4) is 0 Å². The second-order valence-electron chi connectivity index (χ2n) is 7.95. The summed E-state index contributed by atoms with van der Waals surface area (Å²) in [6.45, 7) is 0.955. The van der Waals surface area contributed by atoms with Crippen LogP contribution in [0.25, 0.3) is 10.2 Å². The van der Waals surface area contributed by atoms with Crippen LogP contribution < -0.4 is 4.90 Å². The highest BCUT2D eigenvalue weighted by atomic mass is 32.2. The number of halogens is 1. The van der Waals surface area contributed by atoms with E-state index in [9.17, 15) is 17.6 Å². The Morgan fingerprint density at radius 2 is 1.94 bits per heavy atom. The molecule has 34 heavy (non-hydrogen) atoms. The first-order valence-corrected chi connectivity index (χ1v) is 13.1. The van der Waals surface area contributed by atoms with Gasteiger partial charge in [-0.1, -0.05) is 23.5 Å². The molecule has 2 aromatic heterocycles. The van der Waals surface area contributed by atoms with E-state index in [2.05, 4.69) is 10.1 Å². The van der Waals surface area contributed by atoms with Crippen LogP contribution in [-0.4, -0.2) is 52.5 Å². The highest BCUT2D eigenvalue weighted by Gasteiger charge is 2.42. The zero-order valence-electron chi connectivity index (χ0n) is 18.1. The number of fused-ring (bicyclic) bond motifs is 1. The molecule has 0 radical (unpaired) electrons. The topological polar surface area (TPSA) is 88.4 Å². The van der Waals surface area contributed by atoms with E-state index < -0.39 is 21.9 Å². The number of nitrogens with zero attached hydrogens (tertiary/aromatic N) is 5. The van der Waals surface area contributed by atoms with Gasteiger partial charge >= 0.3 is 0 Å². The summed E-state index contributed by atoms with van der Waals surface area (Å²) in [4.78, 5) is 20.0. The lowest BCUT2D eigenvalue weighted by Crippen LogP contribution is -2.48. The van der Waals surface area contributed by atoms with E-state index in [-0.39, 0.29) is 17.3 Å². The molecule has 1 atom stereocenters. The molecule has 2 aromatic carbocycles. The van der Waals surface area contributed by atoms with Crippen LogP contribution >= 0.6 is 11.3 Å². The summed E-state index contributed by atoms with van der Waals surface area (Å²) in [5.74, 6) is -0.844. The normalized spacial score (nSPS) is 16.8. The van der Waals surface area contributed by atoms with Gasteiger partial charge in [0.2, 0.25) is 15.9 Å². The monoisotopic (exact) mass is 499 g/mol. The largest absolute Gasteiger partial charge is 0.285 e. The molecule has 1 saturated heterocycles. The number of hydrogen-bond acceptors (Lipinski definition) is 6. The lowest BCUT2D eigenvalue weighted by molar-refractivity contribution is -0.121. The first-order valence-electron chi connectivity index (χ1n) is 10.9. The average Bonchev–Trinajstić information content (AvgIpc) is 3.59. The molecule has 1 aliphatic rings. The number of hydrogen-bond donors (Lipinski definition) is 0. The van der Waals surface area contributed by atoms with Gasteiger partial charge in [-0.15, -0.1) is 0 Å². The maximum absolute atomic E-state index is 13.8. The molecule has 8 nitrogen and oxygen atoms in total. The molecule has 5 rings (SSSR count). The highest BCUT2D eigenvalue weighted by molar-refractivity contribution is 7.89. The number of anilines is 1. The van der Waals surface area contributed by atoms with Crippen LogP contribution in [0, 0.1) is 5.82 Å². The number of carbonyl (C=O) groups excluding carboxylic acids is 1. The minimum atomic E-state index is -3.96. The van der Waals surface area contributed by atoms with Gasteiger partial charge in [0.25, 0.3) is 0 Å². The summed E-state index contributed by atoms with van der Waals surface area (Å²) in [7, 11) is -3.96. The maximum Gasteiger partial charge on any atom is 0.247 e. The van der Waals surface area contributed by atoms with Crippen molar-refractivity contribution in [3.05, 3.63) is 72.8 Å². The van der Waals surface area contributed by atoms with Gasteiger partial charge < -0.3 is 0 Å². The van der Waals surface area contributed by atoms with Crippen molar-refractivity contribution in [1.29, 1.82) is 0 Å². The zero-order valence-corrected chi connectivity index (χ0v) is 19.8. The molecular formula is C23H22FN5O3S2. The van der Waals surface area contributed by atoms with Crippen molar-refractivity contribution >= 4 is 42.6 Å². The molecule has 0 saturated carbocycles. The smallest absolute Gasteiger partial charge is 0.247 e. The van der Waals surface area contributed by atoms with Gasteiger partial charge in [0.15, 0.2) is 5.13 Å². The zero-order chi connectivity index (χ0) is 23.7. The number of benzene rings is 2. The molecule has 1 aliphatic heterocycles.